The van der Waals surface area contributed by atoms with Gasteiger partial charge in [-0.25, -0.2) is 0 Å². The van der Waals surface area contributed by atoms with Gasteiger partial charge in [0.1, 0.15) is 0 Å². The number of carbonyl (C=O) groups excluding carboxylic acids is 2. The van der Waals surface area contributed by atoms with Gasteiger partial charge < -0.3 is 10.6 Å². The molecule has 1 amide bonds. The third-order valence-electron chi connectivity index (χ3n) is 5.11. The number of nitrogens with one attached hydrogen (secondary N) is 2. The summed E-state index contributed by atoms with van der Waals surface area (Å²) in [5, 5.41) is 6.43. The Labute approximate surface area is 150 Å². The molecule has 0 radical (unpaired) electrons. The number of hydrogen-bond donors (Lipinski definition) is 2. The number of rotatable bonds is 5. The topological polar surface area (TPSA) is 58.2 Å². The van der Waals surface area contributed by atoms with Crippen LogP contribution < -0.4 is 10.6 Å². The lowest BCUT2D eigenvalue weighted by Crippen LogP contribution is -2.51. The molecule has 0 aromatic heterocycles. The molecule has 1 aromatic rings. The summed E-state index contributed by atoms with van der Waals surface area (Å²) in [5.74, 6) is 0.0599. The summed E-state index contributed by atoms with van der Waals surface area (Å²) < 4.78 is 0. The van der Waals surface area contributed by atoms with Crippen molar-refractivity contribution < 1.29 is 9.59 Å². The summed E-state index contributed by atoms with van der Waals surface area (Å²) in [6.07, 6.45) is 6.05. The fraction of sp³-hybridized carbons (Fsp3) is 0.579. The highest BCUT2D eigenvalue weighted by Gasteiger charge is 2.22. The van der Waals surface area contributed by atoms with Gasteiger partial charge in [0, 0.05) is 30.5 Å². The molecule has 3 rings (SSSR count). The second-order valence-electron chi connectivity index (χ2n) is 6.82. The molecule has 2 atom stereocenters. The van der Waals surface area contributed by atoms with Crippen molar-refractivity contribution in [1.29, 1.82) is 0 Å². The van der Waals surface area contributed by atoms with Gasteiger partial charge in [0.05, 0.1) is 0 Å². The monoisotopic (exact) mass is 350 g/mol. The van der Waals surface area contributed by atoms with Crippen LogP contribution in [0.3, 0.4) is 0 Å². The van der Waals surface area contributed by atoms with E-state index in [0.717, 1.165) is 37.8 Å². The van der Waals surface area contributed by atoms with Crippen molar-refractivity contribution in [3.8, 4) is 0 Å². The molecule has 0 bridgehead atoms. The van der Waals surface area contributed by atoms with E-state index in [9.17, 15) is 9.59 Å². The molecule has 2 unspecified atom stereocenters. The standard InChI is InChI=1S/C19H26N2O2.ClH/c1-13-17(6-3-11-20-13)21-19(23)10-9-18(22)16-8-7-14-4-2-5-15(14)12-16;/h7-8,12-13,17,20H,2-6,9-11H2,1H3,(H,21,23);1H. The maximum atomic E-state index is 12.3. The summed E-state index contributed by atoms with van der Waals surface area (Å²) in [4.78, 5) is 24.4. The molecule has 5 heteroatoms. The summed E-state index contributed by atoms with van der Waals surface area (Å²) in [6, 6.07) is 6.50. The van der Waals surface area contributed by atoms with Crippen LogP contribution >= 0.6 is 12.4 Å². The first-order valence-electron chi connectivity index (χ1n) is 8.81. The zero-order chi connectivity index (χ0) is 16.2. The minimum atomic E-state index is -0.0138. The first-order chi connectivity index (χ1) is 11.1. The number of ketones is 1. The number of fused-ring (bicyclic) bond motifs is 1. The van der Waals surface area contributed by atoms with E-state index < -0.39 is 0 Å². The number of Topliss-reactive ketones (excluding diaryl/α,β-unsaturated/α-hetero) is 1. The van der Waals surface area contributed by atoms with Crippen LogP contribution in [0.1, 0.15) is 60.5 Å². The van der Waals surface area contributed by atoms with Gasteiger partial charge in [0.15, 0.2) is 5.78 Å². The molecule has 1 aromatic carbocycles. The fourth-order valence-corrected chi connectivity index (χ4v) is 3.64. The third kappa shape index (κ3) is 4.58. The van der Waals surface area contributed by atoms with E-state index in [0.29, 0.717) is 12.5 Å². The van der Waals surface area contributed by atoms with Crippen LogP contribution in [0.25, 0.3) is 0 Å². The van der Waals surface area contributed by atoms with Crippen LogP contribution in [0, 0.1) is 0 Å². The molecule has 1 fully saturated rings. The van der Waals surface area contributed by atoms with E-state index in [1.807, 2.05) is 12.1 Å². The van der Waals surface area contributed by atoms with E-state index in [2.05, 4.69) is 23.6 Å². The number of benzene rings is 1. The first-order valence-corrected chi connectivity index (χ1v) is 8.81. The fourth-order valence-electron chi connectivity index (χ4n) is 3.64. The highest BCUT2D eigenvalue weighted by Crippen LogP contribution is 2.23. The summed E-state index contributed by atoms with van der Waals surface area (Å²) >= 11 is 0. The Hall–Kier alpha value is -1.39. The smallest absolute Gasteiger partial charge is 0.220 e. The van der Waals surface area contributed by atoms with Gasteiger partial charge in [-0.15, -0.1) is 12.4 Å². The van der Waals surface area contributed by atoms with Crippen LogP contribution in [0.5, 0.6) is 0 Å². The highest BCUT2D eigenvalue weighted by molar-refractivity contribution is 5.98. The van der Waals surface area contributed by atoms with Crippen molar-refractivity contribution in [2.24, 2.45) is 0 Å². The van der Waals surface area contributed by atoms with E-state index in [1.54, 1.807) is 0 Å². The first kappa shape index (κ1) is 18.9. The minimum Gasteiger partial charge on any atom is -0.352 e. The summed E-state index contributed by atoms with van der Waals surface area (Å²) in [5.41, 5.74) is 3.44. The van der Waals surface area contributed by atoms with Crippen molar-refractivity contribution in [2.75, 3.05) is 6.54 Å². The second-order valence-corrected chi connectivity index (χ2v) is 6.82. The van der Waals surface area contributed by atoms with Crippen molar-refractivity contribution >= 4 is 24.1 Å². The molecule has 24 heavy (non-hydrogen) atoms. The Morgan fingerprint density at radius 1 is 1.17 bits per heavy atom. The predicted octanol–water partition coefficient (Wildman–Crippen LogP) is 2.82. The number of aryl methyl sites for hydroxylation is 2. The lowest BCUT2D eigenvalue weighted by Gasteiger charge is -2.30. The van der Waals surface area contributed by atoms with Crippen LogP contribution in [0.15, 0.2) is 18.2 Å². The second kappa shape index (κ2) is 8.63. The van der Waals surface area contributed by atoms with E-state index in [-0.39, 0.29) is 36.6 Å². The summed E-state index contributed by atoms with van der Waals surface area (Å²) in [7, 11) is 0. The lowest BCUT2D eigenvalue weighted by molar-refractivity contribution is -0.122. The van der Waals surface area contributed by atoms with Crippen LogP contribution in [-0.4, -0.2) is 30.3 Å². The van der Waals surface area contributed by atoms with E-state index in [1.165, 1.54) is 17.5 Å². The Morgan fingerprint density at radius 2 is 1.96 bits per heavy atom. The molecular formula is C19H27ClN2O2. The number of amides is 1. The maximum Gasteiger partial charge on any atom is 0.220 e. The molecule has 2 N–H and O–H groups in total. The van der Waals surface area contributed by atoms with Gasteiger partial charge in [-0.2, -0.15) is 0 Å². The molecule has 1 aliphatic heterocycles. The van der Waals surface area contributed by atoms with E-state index >= 15 is 0 Å². The van der Waals surface area contributed by atoms with Crippen molar-refractivity contribution in [2.45, 2.75) is 64.0 Å². The minimum absolute atomic E-state index is 0. The zero-order valence-corrected chi connectivity index (χ0v) is 15.1. The van der Waals surface area contributed by atoms with Gasteiger partial charge in [-0.05, 0) is 62.8 Å². The normalized spacial score (nSPS) is 22.4. The zero-order valence-electron chi connectivity index (χ0n) is 14.3. The molecule has 132 valence electrons. The summed E-state index contributed by atoms with van der Waals surface area (Å²) in [6.45, 7) is 3.12. The quantitative estimate of drug-likeness (QED) is 0.803. The number of hydrogen-bond acceptors (Lipinski definition) is 3. The van der Waals surface area contributed by atoms with Crippen molar-refractivity contribution in [3.63, 3.8) is 0 Å². The Bertz CT molecular complexity index is 603. The lowest BCUT2D eigenvalue weighted by atomic mass is 9.99. The van der Waals surface area contributed by atoms with Crippen molar-refractivity contribution in [1.82, 2.24) is 10.6 Å². The van der Waals surface area contributed by atoms with E-state index in [4.69, 9.17) is 0 Å². The molecule has 4 nitrogen and oxygen atoms in total. The predicted molar refractivity (Wildman–Crippen MR) is 97.9 cm³/mol. The van der Waals surface area contributed by atoms with Crippen molar-refractivity contribution in [3.05, 3.63) is 34.9 Å². The average Bonchev–Trinajstić information content (AvgIpc) is 3.02. The third-order valence-corrected chi connectivity index (χ3v) is 5.11. The van der Waals surface area contributed by atoms with Gasteiger partial charge >= 0.3 is 0 Å². The molecule has 1 aliphatic carbocycles. The maximum absolute atomic E-state index is 12.3. The molecule has 1 heterocycles. The number of piperidine rings is 1. The molecule has 2 aliphatic rings. The van der Waals surface area contributed by atoms with Gasteiger partial charge in [-0.3, -0.25) is 9.59 Å². The molecule has 0 spiro atoms. The molecular weight excluding hydrogens is 324 g/mol. The average molecular weight is 351 g/mol. The largest absolute Gasteiger partial charge is 0.352 e. The molecule has 1 saturated heterocycles. The Kier molecular flexibility index (Phi) is 6.81. The Morgan fingerprint density at radius 3 is 2.75 bits per heavy atom. The number of halogens is 1. The SMILES string of the molecule is CC1NCCCC1NC(=O)CCC(=O)c1ccc2c(c1)CCC2.Cl. The van der Waals surface area contributed by atoms with Crippen LogP contribution in [0.2, 0.25) is 0 Å². The number of carbonyl (C=O) groups is 2. The molecule has 0 saturated carbocycles. The van der Waals surface area contributed by atoms with Gasteiger partial charge in [0.2, 0.25) is 5.91 Å². The highest BCUT2D eigenvalue weighted by atomic mass is 35.5. The van der Waals surface area contributed by atoms with Crippen LogP contribution in [0.4, 0.5) is 0 Å². The van der Waals surface area contributed by atoms with Gasteiger partial charge in [-0.1, -0.05) is 12.1 Å². The van der Waals surface area contributed by atoms with Crippen LogP contribution in [-0.2, 0) is 17.6 Å². The van der Waals surface area contributed by atoms with Gasteiger partial charge in [0.25, 0.3) is 0 Å². The Balaban J connectivity index is 0.00000208.